The minimum Gasteiger partial charge on any atom is -0.465 e. The third-order valence-electron chi connectivity index (χ3n) is 3.48. The van der Waals surface area contributed by atoms with Gasteiger partial charge in [0.15, 0.2) is 5.11 Å². The summed E-state index contributed by atoms with van der Waals surface area (Å²) in [6.07, 6.45) is 6.39. The van der Waals surface area contributed by atoms with Gasteiger partial charge in [0.25, 0.3) is 0 Å². The summed E-state index contributed by atoms with van der Waals surface area (Å²) in [5.74, 6) is -0.311. The van der Waals surface area contributed by atoms with Crippen LogP contribution in [0, 0.1) is 0 Å². The Morgan fingerprint density at radius 3 is 2.82 bits per heavy atom. The van der Waals surface area contributed by atoms with Gasteiger partial charge in [-0.3, -0.25) is 4.98 Å². The lowest BCUT2D eigenvalue weighted by molar-refractivity contribution is 0.0601. The fourth-order valence-electron chi connectivity index (χ4n) is 2.51. The maximum absolute atomic E-state index is 12.1. The quantitative estimate of drug-likeness (QED) is 0.664. The van der Waals surface area contributed by atoms with E-state index in [0.29, 0.717) is 10.7 Å². The molecule has 2 aromatic rings. The largest absolute Gasteiger partial charge is 0.465 e. The van der Waals surface area contributed by atoms with Crippen molar-refractivity contribution in [3.05, 3.63) is 40.5 Å². The molecule has 0 aromatic carbocycles. The number of nitrogens with zero attached hydrogens (tertiary/aromatic N) is 1. The lowest BCUT2D eigenvalue weighted by Gasteiger charge is -2.10. The van der Waals surface area contributed by atoms with Gasteiger partial charge in [0.05, 0.1) is 12.7 Å². The monoisotopic (exact) mass is 333 g/mol. The molecule has 0 saturated heterocycles. The van der Waals surface area contributed by atoms with Gasteiger partial charge in [0.2, 0.25) is 0 Å². The Kier molecular flexibility index (Phi) is 4.35. The number of hydrogen-bond acceptors (Lipinski definition) is 5. The van der Waals surface area contributed by atoms with Crippen LogP contribution in [0.3, 0.4) is 0 Å². The molecule has 0 unspecified atom stereocenters. The van der Waals surface area contributed by atoms with Crippen LogP contribution in [0.5, 0.6) is 0 Å². The molecular formula is C15H15N3O2S2. The molecule has 0 saturated carbocycles. The molecule has 0 bridgehead atoms. The second kappa shape index (κ2) is 6.41. The van der Waals surface area contributed by atoms with E-state index >= 15 is 0 Å². The van der Waals surface area contributed by atoms with Crippen LogP contribution >= 0.6 is 23.6 Å². The molecular weight excluding hydrogens is 318 g/mol. The molecule has 0 amide bonds. The van der Waals surface area contributed by atoms with Gasteiger partial charge < -0.3 is 15.4 Å². The number of carbonyl (C=O) groups is 1. The van der Waals surface area contributed by atoms with Crippen LogP contribution in [0.15, 0.2) is 24.5 Å². The molecule has 114 valence electrons. The number of methoxy groups -OCH3 is 1. The van der Waals surface area contributed by atoms with Crippen molar-refractivity contribution in [3.8, 4) is 0 Å². The number of thiocarbonyl (C=S) groups is 1. The Morgan fingerprint density at radius 2 is 2.09 bits per heavy atom. The first-order chi connectivity index (χ1) is 10.7. The van der Waals surface area contributed by atoms with E-state index in [0.717, 1.165) is 35.5 Å². The van der Waals surface area contributed by atoms with Gasteiger partial charge >= 0.3 is 5.97 Å². The first kappa shape index (κ1) is 14.9. The number of ether oxygens (including phenoxy) is 1. The topological polar surface area (TPSA) is 63.2 Å². The fraction of sp³-hybridized carbons (Fsp3) is 0.267. The van der Waals surface area contributed by atoms with Crippen molar-refractivity contribution in [3.63, 3.8) is 0 Å². The van der Waals surface area contributed by atoms with Crippen molar-refractivity contribution in [2.24, 2.45) is 0 Å². The maximum Gasteiger partial charge on any atom is 0.341 e. The van der Waals surface area contributed by atoms with Crippen LogP contribution in [0.1, 0.15) is 27.2 Å². The number of aryl methyl sites for hydroxylation is 1. The highest BCUT2D eigenvalue weighted by atomic mass is 32.1. The third kappa shape index (κ3) is 2.95. The van der Waals surface area contributed by atoms with Crippen LogP contribution in [0.2, 0.25) is 0 Å². The van der Waals surface area contributed by atoms with Crippen molar-refractivity contribution in [1.82, 2.24) is 4.98 Å². The lowest BCUT2D eigenvalue weighted by atomic mass is 10.1. The van der Waals surface area contributed by atoms with Gasteiger partial charge in [0, 0.05) is 23.0 Å². The van der Waals surface area contributed by atoms with Crippen molar-refractivity contribution < 1.29 is 9.53 Å². The number of pyridine rings is 1. The summed E-state index contributed by atoms with van der Waals surface area (Å²) >= 11 is 6.90. The minimum absolute atomic E-state index is 0.311. The van der Waals surface area contributed by atoms with Gasteiger partial charge in [0.1, 0.15) is 5.00 Å². The molecule has 5 nitrogen and oxygen atoms in total. The molecule has 0 atom stereocenters. The maximum atomic E-state index is 12.1. The zero-order valence-electron chi connectivity index (χ0n) is 12.0. The van der Waals surface area contributed by atoms with Crippen molar-refractivity contribution in [2.45, 2.75) is 19.3 Å². The van der Waals surface area contributed by atoms with Crippen LogP contribution in [-0.2, 0) is 17.6 Å². The van der Waals surface area contributed by atoms with Crippen molar-refractivity contribution in [2.75, 3.05) is 17.7 Å². The summed E-state index contributed by atoms with van der Waals surface area (Å²) in [5.41, 5.74) is 2.57. The average molecular weight is 333 g/mol. The summed E-state index contributed by atoms with van der Waals surface area (Å²) in [5, 5.41) is 7.39. The molecule has 0 fully saturated rings. The van der Waals surface area contributed by atoms with Crippen LogP contribution < -0.4 is 10.6 Å². The van der Waals surface area contributed by atoms with Gasteiger partial charge in [-0.25, -0.2) is 4.79 Å². The predicted octanol–water partition coefficient (Wildman–Crippen LogP) is 3.23. The zero-order valence-corrected chi connectivity index (χ0v) is 13.6. The number of esters is 1. The highest BCUT2D eigenvalue weighted by Crippen LogP contribution is 2.39. The molecule has 7 heteroatoms. The number of fused-ring (bicyclic) bond motifs is 1. The smallest absolute Gasteiger partial charge is 0.341 e. The minimum atomic E-state index is -0.311. The van der Waals surface area contributed by atoms with Crippen molar-refractivity contribution >= 4 is 45.3 Å². The number of hydrogen-bond donors (Lipinski definition) is 2. The molecule has 2 heterocycles. The molecule has 0 aliphatic heterocycles. The molecule has 2 N–H and O–H groups in total. The van der Waals surface area contributed by atoms with Gasteiger partial charge in [-0.15, -0.1) is 11.3 Å². The Bertz CT molecular complexity index is 713. The molecule has 22 heavy (non-hydrogen) atoms. The number of aromatic nitrogens is 1. The average Bonchev–Trinajstić information content (AvgIpc) is 3.08. The Labute approximate surface area is 137 Å². The summed E-state index contributed by atoms with van der Waals surface area (Å²) in [6.45, 7) is 0. The molecule has 2 aromatic heterocycles. The summed E-state index contributed by atoms with van der Waals surface area (Å²) < 4.78 is 4.92. The molecule has 1 aliphatic rings. The van der Waals surface area contributed by atoms with E-state index in [1.807, 2.05) is 12.1 Å². The van der Waals surface area contributed by atoms with Gasteiger partial charge in [-0.1, -0.05) is 0 Å². The number of anilines is 2. The number of rotatable bonds is 3. The zero-order chi connectivity index (χ0) is 15.5. The summed E-state index contributed by atoms with van der Waals surface area (Å²) in [6, 6.07) is 3.65. The Balaban J connectivity index is 1.80. The van der Waals surface area contributed by atoms with E-state index in [4.69, 9.17) is 17.0 Å². The highest BCUT2D eigenvalue weighted by molar-refractivity contribution is 7.80. The summed E-state index contributed by atoms with van der Waals surface area (Å²) in [7, 11) is 1.40. The van der Waals surface area contributed by atoms with Crippen molar-refractivity contribution in [1.29, 1.82) is 0 Å². The van der Waals surface area contributed by atoms with Crippen LogP contribution in [0.4, 0.5) is 10.7 Å². The van der Waals surface area contributed by atoms with E-state index < -0.39 is 0 Å². The molecule has 0 spiro atoms. The first-order valence-electron chi connectivity index (χ1n) is 6.90. The van der Waals surface area contributed by atoms with E-state index in [1.54, 1.807) is 23.7 Å². The van der Waals surface area contributed by atoms with E-state index in [-0.39, 0.29) is 5.97 Å². The van der Waals surface area contributed by atoms with Gasteiger partial charge in [-0.2, -0.15) is 0 Å². The third-order valence-corrected chi connectivity index (χ3v) is 4.89. The second-order valence-electron chi connectivity index (χ2n) is 4.87. The molecule has 3 rings (SSSR count). The van der Waals surface area contributed by atoms with E-state index in [9.17, 15) is 4.79 Å². The lowest BCUT2D eigenvalue weighted by Crippen LogP contribution is -2.20. The van der Waals surface area contributed by atoms with Crippen LogP contribution in [0.25, 0.3) is 0 Å². The highest BCUT2D eigenvalue weighted by Gasteiger charge is 2.27. The molecule has 1 aliphatic carbocycles. The number of nitrogens with one attached hydrogen (secondary N) is 2. The second-order valence-corrected chi connectivity index (χ2v) is 6.38. The molecule has 0 radical (unpaired) electrons. The Hall–Kier alpha value is -1.99. The van der Waals surface area contributed by atoms with Gasteiger partial charge in [-0.05, 0) is 49.2 Å². The normalized spacial score (nSPS) is 12.6. The van der Waals surface area contributed by atoms with Crippen LogP contribution in [-0.4, -0.2) is 23.2 Å². The standard InChI is InChI=1S/C15H15N3O2S2/c1-20-14(19)12-10-3-2-4-11(10)22-13(12)18-15(21)17-9-5-7-16-8-6-9/h5-8H,2-4H2,1H3,(H2,16,17,18,21). The predicted molar refractivity (Wildman–Crippen MR) is 91.8 cm³/mol. The van der Waals surface area contributed by atoms with E-state index in [1.165, 1.54) is 12.0 Å². The first-order valence-corrected chi connectivity index (χ1v) is 8.12. The fourth-order valence-corrected chi connectivity index (χ4v) is 4.08. The van der Waals surface area contributed by atoms with E-state index in [2.05, 4.69) is 15.6 Å². The SMILES string of the molecule is COC(=O)c1c(NC(=S)Nc2ccncc2)sc2c1CCC2. The number of carbonyl (C=O) groups excluding carboxylic acids is 1. The Morgan fingerprint density at radius 1 is 1.32 bits per heavy atom. The number of thiophene rings is 1. The summed E-state index contributed by atoms with van der Waals surface area (Å²) in [4.78, 5) is 17.3.